The van der Waals surface area contributed by atoms with E-state index >= 15 is 0 Å². The highest BCUT2D eigenvalue weighted by Gasteiger charge is 2.26. The van der Waals surface area contributed by atoms with Crippen LogP contribution in [-0.2, 0) is 32.7 Å². The van der Waals surface area contributed by atoms with E-state index in [9.17, 15) is 19.0 Å². The summed E-state index contributed by atoms with van der Waals surface area (Å²) >= 11 is 0. The second-order valence-electron chi connectivity index (χ2n) is 13.8. The van der Waals surface area contributed by atoms with E-state index in [1.54, 1.807) is 0 Å². The number of esters is 2. The van der Waals surface area contributed by atoms with Gasteiger partial charge in [0.2, 0.25) is 0 Å². The lowest BCUT2D eigenvalue weighted by Gasteiger charge is -2.19. The molecule has 10 heteroatoms. The van der Waals surface area contributed by atoms with Crippen LogP contribution in [0.15, 0.2) is 72.9 Å². The van der Waals surface area contributed by atoms with Crippen LogP contribution in [0.1, 0.15) is 168 Å². The fourth-order valence-corrected chi connectivity index (χ4v) is 6.23. The molecule has 0 radical (unpaired) electrons. The molecule has 0 aromatic rings. The molecular formula is C45H78NO8P. The van der Waals surface area contributed by atoms with Gasteiger partial charge in [0.1, 0.15) is 6.61 Å². The lowest BCUT2D eigenvalue weighted by molar-refractivity contribution is -0.161. The Labute approximate surface area is 335 Å². The summed E-state index contributed by atoms with van der Waals surface area (Å²) in [6.07, 6.45) is 49.4. The second kappa shape index (κ2) is 41.1. The number of allylic oxidation sites excluding steroid dienone is 12. The van der Waals surface area contributed by atoms with Crippen LogP contribution < -0.4 is 5.73 Å². The van der Waals surface area contributed by atoms with Crippen LogP contribution in [0.2, 0.25) is 0 Å². The first-order valence-corrected chi connectivity index (χ1v) is 22.9. The number of phosphoric acid groups is 1. The summed E-state index contributed by atoms with van der Waals surface area (Å²) in [6, 6.07) is 0. The number of hydrogen-bond donors (Lipinski definition) is 2. The molecule has 2 atom stereocenters. The quantitative estimate of drug-likeness (QED) is 0.0270. The fraction of sp³-hybridized carbons (Fsp3) is 0.689. The normalized spacial score (nSPS) is 14.0. The number of hydrogen-bond acceptors (Lipinski definition) is 8. The minimum atomic E-state index is -4.38. The molecular weight excluding hydrogens is 713 g/mol. The zero-order chi connectivity index (χ0) is 40.3. The van der Waals surface area contributed by atoms with Gasteiger partial charge in [0.25, 0.3) is 0 Å². The summed E-state index contributed by atoms with van der Waals surface area (Å²) in [7, 11) is -4.38. The smallest absolute Gasteiger partial charge is 0.462 e. The zero-order valence-electron chi connectivity index (χ0n) is 34.6. The van der Waals surface area contributed by atoms with Crippen molar-refractivity contribution in [3.8, 4) is 0 Å². The molecule has 0 saturated carbocycles. The van der Waals surface area contributed by atoms with Crippen LogP contribution in [-0.4, -0.2) is 49.3 Å². The van der Waals surface area contributed by atoms with Gasteiger partial charge in [-0.2, -0.15) is 0 Å². The monoisotopic (exact) mass is 792 g/mol. The largest absolute Gasteiger partial charge is 0.472 e. The fourth-order valence-electron chi connectivity index (χ4n) is 5.46. The van der Waals surface area contributed by atoms with Gasteiger partial charge in [0, 0.05) is 19.4 Å². The van der Waals surface area contributed by atoms with Gasteiger partial charge >= 0.3 is 19.8 Å². The number of rotatable bonds is 39. The van der Waals surface area contributed by atoms with E-state index in [4.69, 9.17) is 24.3 Å². The second-order valence-corrected chi connectivity index (χ2v) is 15.3. The first kappa shape index (κ1) is 52.5. The van der Waals surface area contributed by atoms with E-state index in [0.717, 1.165) is 96.3 Å². The van der Waals surface area contributed by atoms with E-state index in [2.05, 4.69) is 86.8 Å². The molecule has 0 rings (SSSR count). The van der Waals surface area contributed by atoms with Crippen LogP contribution >= 0.6 is 7.82 Å². The van der Waals surface area contributed by atoms with Crippen LogP contribution in [0.4, 0.5) is 0 Å². The average Bonchev–Trinajstić information content (AvgIpc) is 3.17. The molecule has 0 aromatic heterocycles. The number of ether oxygens (including phenoxy) is 2. The predicted molar refractivity (Wildman–Crippen MR) is 229 cm³/mol. The Hall–Kier alpha value is -2.55. The number of carbonyl (C=O) groups is 2. The van der Waals surface area contributed by atoms with Crippen molar-refractivity contribution in [2.24, 2.45) is 5.73 Å². The molecule has 316 valence electrons. The SMILES string of the molecule is CC/C=C\C/C=C\C/C=C\C/C=C\C/C=C\C/C=C\CCCCCCCCC(=O)OC(COC(=O)CCCCCCCCCCC)COP(=O)(O)OCCN. The molecule has 0 fully saturated rings. The van der Waals surface area contributed by atoms with E-state index in [1.807, 2.05) is 0 Å². The van der Waals surface area contributed by atoms with Crippen LogP contribution in [0.3, 0.4) is 0 Å². The van der Waals surface area contributed by atoms with Crippen LogP contribution in [0.5, 0.6) is 0 Å². The van der Waals surface area contributed by atoms with E-state index < -0.39 is 32.5 Å². The molecule has 0 aliphatic heterocycles. The van der Waals surface area contributed by atoms with Crippen LogP contribution in [0, 0.1) is 0 Å². The van der Waals surface area contributed by atoms with Crippen molar-refractivity contribution in [1.82, 2.24) is 0 Å². The predicted octanol–water partition coefficient (Wildman–Crippen LogP) is 12.3. The molecule has 0 spiro atoms. The summed E-state index contributed by atoms with van der Waals surface area (Å²) in [5.74, 6) is -0.853. The Kier molecular flexibility index (Phi) is 39.2. The van der Waals surface area contributed by atoms with Gasteiger partial charge in [-0.1, -0.05) is 164 Å². The average molecular weight is 792 g/mol. The van der Waals surface area contributed by atoms with Gasteiger partial charge in [-0.3, -0.25) is 18.6 Å². The van der Waals surface area contributed by atoms with Gasteiger partial charge in [-0.25, -0.2) is 4.57 Å². The molecule has 0 bridgehead atoms. The lowest BCUT2D eigenvalue weighted by atomic mass is 10.1. The summed E-state index contributed by atoms with van der Waals surface area (Å²) < 4.78 is 32.7. The maximum absolute atomic E-state index is 12.6. The molecule has 0 amide bonds. The zero-order valence-corrected chi connectivity index (χ0v) is 35.5. The summed E-state index contributed by atoms with van der Waals surface area (Å²) in [4.78, 5) is 34.7. The topological polar surface area (TPSA) is 134 Å². The van der Waals surface area contributed by atoms with Crippen LogP contribution in [0.25, 0.3) is 0 Å². The maximum Gasteiger partial charge on any atom is 0.472 e. The highest BCUT2D eigenvalue weighted by Crippen LogP contribution is 2.43. The van der Waals surface area contributed by atoms with Gasteiger partial charge < -0.3 is 20.1 Å². The molecule has 0 aliphatic rings. The summed E-state index contributed by atoms with van der Waals surface area (Å²) in [5.41, 5.74) is 5.34. The molecule has 55 heavy (non-hydrogen) atoms. The van der Waals surface area contributed by atoms with Gasteiger partial charge in [-0.15, -0.1) is 0 Å². The van der Waals surface area contributed by atoms with Gasteiger partial charge in [0.05, 0.1) is 13.2 Å². The molecule has 3 N–H and O–H groups in total. The van der Waals surface area contributed by atoms with Gasteiger partial charge in [0.15, 0.2) is 6.10 Å². The Morgan fingerprint density at radius 1 is 0.564 bits per heavy atom. The molecule has 2 unspecified atom stereocenters. The Balaban J connectivity index is 4.13. The lowest BCUT2D eigenvalue weighted by Crippen LogP contribution is -2.29. The maximum atomic E-state index is 12.6. The van der Waals surface area contributed by atoms with Crippen molar-refractivity contribution in [2.75, 3.05) is 26.4 Å². The summed E-state index contributed by atoms with van der Waals surface area (Å²) in [6.45, 7) is 3.56. The molecule has 0 heterocycles. The van der Waals surface area contributed by atoms with E-state index in [0.29, 0.717) is 6.42 Å². The molecule has 0 aromatic carbocycles. The number of phosphoric ester groups is 1. The molecule has 0 aliphatic carbocycles. The third-order valence-corrected chi connectivity index (χ3v) is 9.59. The Morgan fingerprint density at radius 3 is 1.49 bits per heavy atom. The van der Waals surface area contributed by atoms with Crippen molar-refractivity contribution in [3.63, 3.8) is 0 Å². The molecule has 0 saturated heterocycles. The number of unbranched alkanes of at least 4 members (excludes halogenated alkanes) is 14. The summed E-state index contributed by atoms with van der Waals surface area (Å²) in [5, 5.41) is 0. The number of nitrogens with two attached hydrogens (primary N) is 1. The standard InChI is InChI=1S/C45H78NO8P/c1-3-5-7-9-11-13-14-15-16-17-18-19-20-21-22-23-24-25-26-27-28-30-32-34-36-38-45(48)54-43(42-53-55(49,50)52-40-39-46)41-51-44(47)37-35-33-31-29-12-10-8-6-4-2/h5,7,11,13,15-16,18-19,21-22,24-25,43H,3-4,6,8-10,12,14,17,20,23,26-42,46H2,1-2H3,(H,49,50)/b7-5-,13-11-,16-15-,19-18-,22-21-,25-24-. The van der Waals surface area contributed by atoms with Crippen molar-refractivity contribution in [2.45, 2.75) is 174 Å². The highest BCUT2D eigenvalue weighted by atomic mass is 31.2. The van der Waals surface area contributed by atoms with Crippen molar-refractivity contribution < 1.29 is 37.6 Å². The van der Waals surface area contributed by atoms with Crippen molar-refractivity contribution >= 4 is 19.8 Å². The van der Waals surface area contributed by atoms with Gasteiger partial charge in [-0.05, 0) is 64.2 Å². The van der Waals surface area contributed by atoms with E-state index in [-0.39, 0.29) is 32.6 Å². The molecule has 9 nitrogen and oxygen atoms in total. The minimum absolute atomic E-state index is 0.0479. The van der Waals surface area contributed by atoms with Crippen molar-refractivity contribution in [1.29, 1.82) is 0 Å². The third kappa shape index (κ3) is 40.9. The minimum Gasteiger partial charge on any atom is -0.462 e. The Morgan fingerprint density at radius 2 is 1.00 bits per heavy atom. The van der Waals surface area contributed by atoms with E-state index in [1.165, 1.54) is 38.5 Å². The van der Waals surface area contributed by atoms with Crippen molar-refractivity contribution in [3.05, 3.63) is 72.9 Å². The third-order valence-electron chi connectivity index (χ3n) is 8.61. The number of carbonyl (C=O) groups excluding carboxylic acids is 2. The first-order valence-electron chi connectivity index (χ1n) is 21.4. The highest BCUT2D eigenvalue weighted by molar-refractivity contribution is 7.47. The first-order chi connectivity index (χ1) is 26.8. The Bertz CT molecular complexity index is 1130.